The fraction of sp³-hybridized carbons (Fsp3) is 0.316. The Hall–Kier alpha value is -1.96. The van der Waals surface area contributed by atoms with Crippen molar-refractivity contribution in [2.75, 3.05) is 0 Å². The summed E-state index contributed by atoms with van der Waals surface area (Å²) < 4.78 is 13.3. The molecule has 2 rings (SSSR count). The van der Waals surface area contributed by atoms with Crippen LogP contribution in [0.4, 0.5) is 4.39 Å². The topological polar surface area (TPSA) is 17.1 Å². The summed E-state index contributed by atoms with van der Waals surface area (Å²) in [5, 5.41) is 0. The molecule has 0 aliphatic heterocycles. The van der Waals surface area contributed by atoms with Crippen molar-refractivity contribution in [3.63, 3.8) is 0 Å². The molecule has 0 aromatic heterocycles. The Morgan fingerprint density at radius 1 is 1.00 bits per heavy atom. The van der Waals surface area contributed by atoms with Gasteiger partial charge in [-0.1, -0.05) is 56.3 Å². The van der Waals surface area contributed by atoms with E-state index in [1.165, 1.54) is 12.1 Å². The summed E-state index contributed by atoms with van der Waals surface area (Å²) in [6.07, 6.45) is 1.78. The van der Waals surface area contributed by atoms with Crippen molar-refractivity contribution >= 4 is 5.78 Å². The molecule has 0 saturated heterocycles. The van der Waals surface area contributed by atoms with Crippen LogP contribution < -0.4 is 0 Å². The van der Waals surface area contributed by atoms with Crippen LogP contribution in [0.1, 0.15) is 37.8 Å². The Bertz CT molecular complexity index is 600. The van der Waals surface area contributed by atoms with Crippen LogP contribution in [0.3, 0.4) is 0 Å². The molecule has 0 spiro atoms. The molecular formula is C19H21FO. The van der Waals surface area contributed by atoms with E-state index in [0.717, 1.165) is 24.0 Å². The first kappa shape index (κ1) is 15.4. The van der Waals surface area contributed by atoms with Crippen molar-refractivity contribution in [3.05, 3.63) is 71.5 Å². The predicted molar refractivity (Wildman–Crippen MR) is 83.8 cm³/mol. The lowest BCUT2D eigenvalue weighted by Crippen LogP contribution is -2.36. The zero-order valence-corrected chi connectivity index (χ0v) is 12.6. The highest BCUT2D eigenvalue weighted by Crippen LogP contribution is 2.33. The third-order valence-corrected chi connectivity index (χ3v) is 4.32. The number of benzene rings is 2. The lowest BCUT2D eigenvalue weighted by atomic mass is 9.71. The molecule has 21 heavy (non-hydrogen) atoms. The number of ketones is 1. The standard InChI is InChI=1S/C19H21FO/c1-3-19(4-2,16-10-6-5-7-11-16)18(21)14-15-9-8-12-17(20)13-15/h5-13H,3-4,14H2,1-2H3. The third-order valence-electron chi connectivity index (χ3n) is 4.32. The smallest absolute Gasteiger partial charge is 0.147 e. The molecule has 0 aliphatic carbocycles. The fourth-order valence-corrected chi connectivity index (χ4v) is 2.97. The molecule has 0 N–H and O–H groups in total. The molecule has 0 fully saturated rings. The Morgan fingerprint density at radius 2 is 1.67 bits per heavy atom. The van der Waals surface area contributed by atoms with Crippen molar-refractivity contribution in [1.82, 2.24) is 0 Å². The molecule has 0 bridgehead atoms. The van der Waals surface area contributed by atoms with E-state index in [0.29, 0.717) is 0 Å². The molecular weight excluding hydrogens is 263 g/mol. The highest BCUT2D eigenvalue weighted by atomic mass is 19.1. The van der Waals surface area contributed by atoms with E-state index < -0.39 is 5.41 Å². The van der Waals surface area contributed by atoms with Gasteiger partial charge in [0.15, 0.2) is 0 Å². The zero-order valence-electron chi connectivity index (χ0n) is 12.6. The van der Waals surface area contributed by atoms with Gasteiger partial charge >= 0.3 is 0 Å². The SMILES string of the molecule is CCC(CC)(C(=O)Cc1cccc(F)c1)c1ccccc1. The van der Waals surface area contributed by atoms with Crippen LogP contribution in [0.2, 0.25) is 0 Å². The van der Waals surface area contributed by atoms with Crippen LogP contribution in [0.25, 0.3) is 0 Å². The van der Waals surface area contributed by atoms with E-state index in [4.69, 9.17) is 0 Å². The highest BCUT2D eigenvalue weighted by Gasteiger charge is 2.35. The number of carbonyl (C=O) groups excluding carboxylic acids is 1. The Kier molecular flexibility index (Phi) is 4.89. The average Bonchev–Trinajstić information content (AvgIpc) is 2.50. The van der Waals surface area contributed by atoms with Gasteiger partial charge in [0.2, 0.25) is 0 Å². The predicted octanol–water partition coefficient (Wildman–Crippen LogP) is 4.70. The summed E-state index contributed by atoms with van der Waals surface area (Å²) in [4.78, 5) is 12.9. The minimum atomic E-state index is -0.479. The number of hydrogen-bond donors (Lipinski definition) is 0. The van der Waals surface area contributed by atoms with Crippen LogP contribution in [-0.2, 0) is 16.6 Å². The van der Waals surface area contributed by atoms with E-state index >= 15 is 0 Å². The van der Waals surface area contributed by atoms with Gasteiger partial charge in [0.25, 0.3) is 0 Å². The van der Waals surface area contributed by atoms with Crippen molar-refractivity contribution in [1.29, 1.82) is 0 Å². The van der Waals surface area contributed by atoms with E-state index in [9.17, 15) is 9.18 Å². The summed E-state index contributed by atoms with van der Waals surface area (Å²) in [6.45, 7) is 4.08. The molecule has 2 aromatic rings. The van der Waals surface area contributed by atoms with Crippen molar-refractivity contribution < 1.29 is 9.18 Å². The van der Waals surface area contributed by atoms with Gasteiger partial charge in [0, 0.05) is 6.42 Å². The Balaban J connectivity index is 2.32. The lowest BCUT2D eigenvalue weighted by molar-refractivity contribution is -0.124. The molecule has 1 nitrogen and oxygen atoms in total. The van der Waals surface area contributed by atoms with Gasteiger partial charge in [0.1, 0.15) is 11.6 Å². The second-order valence-electron chi connectivity index (χ2n) is 5.39. The summed E-state index contributed by atoms with van der Waals surface area (Å²) in [5.41, 5.74) is 1.31. The molecule has 0 heterocycles. The molecule has 2 heteroatoms. The van der Waals surface area contributed by atoms with Crippen molar-refractivity contribution in [3.8, 4) is 0 Å². The van der Waals surface area contributed by atoms with Crippen molar-refractivity contribution in [2.24, 2.45) is 0 Å². The normalized spacial score (nSPS) is 11.4. The van der Waals surface area contributed by atoms with E-state index in [2.05, 4.69) is 0 Å². The summed E-state index contributed by atoms with van der Waals surface area (Å²) in [7, 11) is 0. The molecule has 0 saturated carbocycles. The minimum absolute atomic E-state index is 0.157. The largest absolute Gasteiger partial charge is 0.298 e. The Morgan fingerprint density at radius 3 is 2.24 bits per heavy atom. The molecule has 0 unspecified atom stereocenters. The van der Waals surface area contributed by atoms with Crippen LogP contribution in [0, 0.1) is 5.82 Å². The lowest BCUT2D eigenvalue weighted by Gasteiger charge is -2.31. The van der Waals surface area contributed by atoms with E-state index in [1.54, 1.807) is 6.07 Å². The summed E-state index contributed by atoms with van der Waals surface area (Å²) in [6, 6.07) is 16.2. The number of halogens is 1. The maximum absolute atomic E-state index is 13.3. The number of Topliss-reactive ketones (excluding diaryl/α,β-unsaturated/α-hetero) is 1. The first-order chi connectivity index (χ1) is 10.1. The molecule has 2 aromatic carbocycles. The van der Waals surface area contributed by atoms with Gasteiger partial charge in [-0.3, -0.25) is 4.79 Å². The van der Waals surface area contributed by atoms with Gasteiger partial charge in [-0.2, -0.15) is 0 Å². The number of rotatable bonds is 6. The van der Waals surface area contributed by atoms with Gasteiger partial charge in [-0.15, -0.1) is 0 Å². The summed E-state index contributed by atoms with van der Waals surface area (Å²) >= 11 is 0. The molecule has 110 valence electrons. The number of carbonyl (C=O) groups is 1. The van der Waals surface area contributed by atoms with Gasteiger partial charge < -0.3 is 0 Å². The van der Waals surface area contributed by atoms with E-state index in [1.807, 2.05) is 50.2 Å². The third kappa shape index (κ3) is 3.21. The monoisotopic (exact) mass is 284 g/mol. The van der Waals surface area contributed by atoms with E-state index in [-0.39, 0.29) is 18.0 Å². The maximum Gasteiger partial charge on any atom is 0.147 e. The Labute approximate surface area is 125 Å². The van der Waals surface area contributed by atoms with Crippen LogP contribution >= 0.6 is 0 Å². The first-order valence-electron chi connectivity index (χ1n) is 7.45. The second kappa shape index (κ2) is 6.66. The average molecular weight is 284 g/mol. The van der Waals surface area contributed by atoms with Gasteiger partial charge in [-0.05, 0) is 36.1 Å². The molecule has 0 aliphatic rings. The van der Waals surface area contributed by atoms with Gasteiger partial charge in [-0.25, -0.2) is 4.39 Å². The number of hydrogen-bond acceptors (Lipinski definition) is 1. The second-order valence-corrected chi connectivity index (χ2v) is 5.39. The van der Waals surface area contributed by atoms with Gasteiger partial charge in [0.05, 0.1) is 5.41 Å². The fourth-order valence-electron chi connectivity index (χ4n) is 2.97. The maximum atomic E-state index is 13.3. The highest BCUT2D eigenvalue weighted by molar-refractivity contribution is 5.91. The van der Waals surface area contributed by atoms with Crippen molar-refractivity contribution in [2.45, 2.75) is 38.5 Å². The summed E-state index contributed by atoms with van der Waals surface area (Å²) in [5.74, 6) is -0.136. The van der Waals surface area contributed by atoms with Crippen LogP contribution in [-0.4, -0.2) is 5.78 Å². The molecule has 0 amide bonds. The zero-order chi connectivity index (χ0) is 15.3. The quantitative estimate of drug-likeness (QED) is 0.751. The minimum Gasteiger partial charge on any atom is -0.298 e. The van der Waals surface area contributed by atoms with Crippen LogP contribution in [0.15, 0.2) is 54.6 Å². The molecule has 0 radical (unpaired) electrons. The van der Waals surface area contributed by atoms with Crippen LogP contribution in [0.5, 0.6) is 0 Å². The first-order valence-corrected chi connectivity index (χ1v) is 7.45. The molecule has 0 atom stereocenters.